The normalized spacial score (nSPS) is 27.3. The van der Waals surface area contributed by atoms with Gasteiger partial charge >= 0.3 is 0 Å². The summed E-state index contributed by atoms with van der Waals surface area (Å²) in [6, 6.07) is 0.139. The Balaban J connectivity index is 2.08. The minimum absolute atomic E-state index is 0.139. The van der Waals surface area contributed by atoms with Crippen molar-refractivity contribution in [2.24, 2.45) is 11.1 Å². The molecule has 108 valence electrons. The van der Waals surface area contributed by atoms with Crippen LogP contribution in [0.4, 0.5) is 0 Å². The highest BCUT2D eigenvalue weighted by molar-refractivity contribution is 4.91. The molecule has 18 heavy (non-hydrogen) atoms. The molecule has 0 aromatic heterocycles. The number of ether oxygens (including phenoxy) is 3. The molecule has 2 unspecified atom stereocenters. The molecule has 4 nitrogen and oxygen atoms in total. The highest BCUT2D eigenvalue weighted by Gasteiger charge is 2.36. The zero-order chi connectivity index (χ0) is 13.4. The fourth-order valence-electron chi connectivity index (χ4n) is 2.46. The Morgan fingerprint density at radius 2 is 1.94 bits per heavy atom. The van der Waals surface area contributed by atoms with Gasteiger partial charge in [-0.2, -0.15) is 0 Å². The van der Waals surface area contributed by atoms with Gasteiger partial charge in [0.1, 0.15) is 0 Å². The van der Waals surface area contributed by atoms with Gasteiger partial charge in [-0.15, -0.1) is 0 Å². The molecule has 1 aliphatic rings. The molecule has 0 spiro atoms. The van der Waals surface area contributed by atoms with Crippen LogP contribution in [-0.4, -0.2) is 45.7 Å². The topological polar surface area (TPSA) is 53.7 Å². The van der Waals surface area contributed by atoms with Gasteiger partial charge in [-0.1, -0.05) is 20.3 Å². The van der Waals surface area contributed by atoms with E-state index in [-0.39, 0.29) is 17.6 Å². The minimum atomic E-state index is 0.139. The number of methoxy groups -OCH3 is 1. The number of hydrogen-bond acceptors (Lipinski definition) is 4. The predicted octanol–water partition coefficient (Wildman–Crippen LogP) is 1.96. The van der Waals surface area contributed by atoms with Crippen LogP contribution in [0.15, 0.2) is 0 Å². The van der Waals surface area contributed by atoms with E-state index in [2.05, 4.69) is 13.8 Å². The van der Waals surface area contributed by atoms with Crippen LogP contribution in [0, 0.1) is 5.41 Å². The van der Waals surface area contributed by atoms with E-state index >= 15 is 0 Å². The van der Waals surface area contributed by atoms with Crippen LogP contribution in [-0.2, 0) is 14.2 Å². The van der Waals surface area contributed by atoms with Crippen molar-refractivity contribution in [3.8, 4) is 0 Å². The first kappa shape index (κ1) is 15.9. The van der Waals surface area contributed by atoms with Gasteiger partial charge in [0.25, 0.3) is 0 Å². The Kier molecular flexibility index (Phi) is 7.15. The summed E-state index contributed by atoms with van der Waals surface area (Å²) in [7, 11) is 1.70. The standard InChI is InChI=1S/C14H29NO3/c1-14(2)7-4-6-12(13(14)15)18-11-10-17-9-5-8-16-3/h12-13H,4-11,15H2,1-3H3. The fraction of sp³-hybridized carbons (Fsp3) is 1.00. The van der Waals surface area contributed by atoms with E-state index in [4.69, 9.17) is 19.9 Å². The Labute approximate surface area is 111 Å². The van der Waals surface area contributed by atoms with Crippen LogP contribution in [0.5, 0.6) is 0 Å². The molecule has 2 N–H and O–H groups in total. The summed E-state index contributed by atoms with van der Waals surface area (Å²) >= 11 is 0. The Morgan fingerprint density at radius 1 is 1.17 bits per heavy atom. The van der Waals surface area contributed by atoms with E-state index in [1.807, 2.05) is 0 Å². The lowest BCUT2D eigenvalue weighted by molar-refractivity contribution is -0.0470. The van der Waals surface area contributed by atoms with Crippen molar-refractivity contribution >= 4 is 0 Å². The molecular weight excluding hydrogens is 230 g/mol. The van der Waals surface area contributed by atoms with Crippen molar-refractivity contribution in [3.05, 3.63) is 0 Å². The Morgan fingerprint density at radius 3 is 2.67 bits per heavy atom. The quantitative estimate of drug-likeness (QED) is 0.677. The average Bonchev–Trinajstić information content (AvgIpc) is 2.33. The lowest BCUT2D eigenvalue weighted by Gasteiger charge is -2.41. The molecule has 0 aromatic rings. The molecule has 0 aromatic carbocycles. The second kappa shape index (κ2) is 8.10. The van der Waals surface area contributed by atoms with Crippen molar-refractivity contribution < 1.29 is 14.2 Å². The summed E-state index contributed by atoms with van der Waals surface area (Å²) in [6.07, 6.45) is 4.61. The van der Waals surface area contributed by atoms with E-state index in [9.17, 15) is 0 Å². The van der Waals surface area contributed by atoms with E-state index in [0.29, 0.717) is 13.2 Å². The van der Waals surface area contributed by atoms with Crippen LogP contribution in [0.2, 0.25) is 0 Å². The second-order valence-corrected chi connectivity index (χ2v) is 5.77. The van der Waals surface area contributed by atoms with Crippen LogP contribution in [0.3, 0.4) is 0 Å². The van der Waals surface area contributed by atoms with Crippen LogP contribution in [0.25, 0.3) is 0 Å². The van der Waals surface area contributed by atoms with Gasteiger partial charge in [0, 0.05) is 26.4 Å². The van der Waals surface area contributed by atoms with Crippen LogP contribution in [0.1, 0.15) is 39.5 Å². The molecular formula is C14H29NO3. The monoisotopic (exact) mass is 259 g/mol. The van der Waals surface area contributed by atoms with E-state index in [0.717, 1.165) is 26.1 Å². The molecule has 2 atom stereocenters. The molecule has 0 saturated heterocycles. The maximum absolute atomic E-state index is 6.25. The van der Waals surface area contributed by atoms with E-state index < -0.39 is 0 Å². The Hall–Kier alpha value is -0.160. The first-order valence-electron chi connectivity index (χ1n) is 7.02. The van der Waals surface area contributed by atoms with Gasteiger partial charge in [0.2, 0.25) is 0 Å². The zero-order valence-corrected chi connectivity index (χ0v) is 12.1. The smallest absolute Gasteiger partial charge is 0.0732 e. The summed E-state index contributed by atoms with van der Waals surface area (Å²) in [6.45, 7) is 7.24. The van der Waals surface area contributed by atoms with Crippen molar-refractivity contribution in [2.75, 3.05) is 33.5 Å². The van der Waals surface area contributed by atoms with E-state index in [1.165, 1.54) is 12.8 Å². The number of hydrogen-bond donors (Lipinski definition) is 1. The summed E-state index contributed by atoms with van der Waals surface area (Å²) in [4.78, 5) is 0. The SMILES string of the molecule is COCCCOCCOC1CCCC(C)(C)C1N. The van der Waals surface area contributed by atoms with Gasteiger partial charge in [0.15, 0.2) is 0 Å². The summed E-state index contributed by atoms with van der Waals surface area (Å²) < 4.78 is 16.3. The van der Waals surface area contributed by atoms with Gasteiger partial charge < -0.3 is 19.9 Å². The summed E-state index contributed by atoms with van der Waals surface area (Å²) in [5, 5.41) is 0. The lowest BCUT2D eigenvalue weighted by Crippen LogP contribution is -2.50. The highest BCUT2D eigenvalue weighted by Crippen LogP contribution is 2.35. The molecule has 1 saturated carbocycles. The van der Waals surface area contributed by atoms with Crippen molar-refractivity contribution in [1.29, 1.82) is 0 Å². The molecule has 1 aliphatic carbocycles. The third-order valence-corrected chi connectivity index (χ3v) is 3.81. The molecule has 0 amide bonds. The molecule has 0 aliphatic heterocycles. The van der Waals surface area contributed by atoms with Crippen LogP contribution < -0.4 is 5.73 Å². The van der Waals surface area contributed by atoms with Gasteiger partial charge in [-0.25, -0.2) is 0 Å². The summed E-state index contributed by atoms with van der Waals surface area (Å²) in [5.74, 6) is 0. The van der Waals surface area contributed by atoms with E-state index in [1.54, 1.807) is 7.11 Å². The maximum Gasteiger partial charge on any atom is 0.0732 e. The third kappa shape index (κ3) is 5.22. The third-order valence-electron chi connectivity index (χ3n) is 3.81. The maximum atomic E-state index is 6.25. The van der Waals surface area contributed by atoms with Gasteiger partial charge in [-0.05, 0) is 24.7 Å². The fourth-order valence-corrected chi connectivity index (χ4v) is 2.46. The first-order chi connectivity index (χ1) is 8.58. The van der Waals surface area contributed by atoms with Gasteiger partial charge in [0.05, 0.1) is 19.3 Å². The molecule has 1 rings (SSSR count). The largest absolute Gasteiger partial charge is 0.385 e. The molecule has 0 bridgehead atoms. The lowest BCUT2D eigenvalue weighted by atomic mass is 9.72. The molecule has 4 heteroatoms. The molecule has 0 radical (unpaired) electrons. The number of rotatable bonds is 8. The average molecular weight is 259 g/mol. The van der Waals surface area contributed by atoms with Crippen molar-refractivity contribution in [1.82, 2.24) is 0 Å². The zero-order valence-electron chi connectivity index (χ0n) is 12.1. The predicted molar refractivity (Wildman–Crippen MR) is 72.7 cm³/mol. The second-order valence-electron chi connectivity index (χ2n) is 5.77. The van der Waals surface area contributed by atoms with Crippen molar-refractivity contribution in [2.45, 2.75) is 51.7 Å². The minimum Gasteiger partial charge on any atom is -0.385 e. The Bertz CT molecular complexity index is 221. The summed E-state index contributed by atoms with van der Waals surface area (Å²) in [5.41, 5.74) is 6.45. The van der Waals surface area contributed by atoms with Crippen LogP contribution >= 0.6 is 0 Å². The van der Waals surface area contributed by atoms with Gasteiger partial charge in [-0.3, -0.25) is 0 Å². The molecule has 1 fully saturated rings. The molecule has 0 heterocycles. The first-order valence-corrected chi connectivity index (χ1v) is 7.02. The highest BCUT2D eigenvalue weighted by atomic mass is 16.5. The number of nitrogens with two attached hydrogens (primary N) is 1. The van der Waals surface area contributed by atoms with Crippen molar-refractivity contribution in [3.63, 3.8) is 0 Å².